The molecule has 0 spiro atoms. The van der Waals surface area contributed by atoms with Crippen molar-refractivity contribution >= 4 is 16.0 Å². The highest BCUT2D eigenvalue weighted by molar-refractivity contribution is 7.89. The van der Waals surface area contributed by atoms with Gasteiger partial charge in [0.2, 0.25) is 0 Å². The highest BCUT2D eigenvalue weighted by atomic mass is 32.2. The van der Waals surface area contributed by atoms with Crippen LogP contribution >= 0.6 is 0 Å². The highest BCUT2D eigenvalue weighted by Crippen LogP contribution is 2.12. The molecule has 1 aromatic heterocycles. The summed E-state index contributed by atoms with van der Waals surface area (Å²) in [6, 6.07) is 0. The normalized spacial score (nSPS) is 17.5. The van der Waals surface area contributed by atoms with Gasteiger partial charge in [0.05, 0.1) is 6.20 Å². The summed E-state index contributed by atoms with van der Waals surface area (Å²) in [5, 5.41) is 14.2. The Hall–Kier alpha value is -1.45. The van der Waals surface area contributed by atoms with Gasteiger partial charge in [0, 0.05) is 13.1 Å². The molecule has 0 radical (unpaired) electrons. The van der Waals surface area contributed by atoms with Gasteiger partial charge in [-0.1, -0.05) is 12.8 Å². The van der Waals surface area contributed by atoms with Gasteiger partial charge in [0.15, 0.2) is 5.03 Å². The molecule has 9 heteroatoms. The number of likely N-dealkylation sites (tertiary alicyclic amines) is 1. The van der Waals surface area contributed by atoms with Crippen LogP contribution in [0.2, 0.25) is 0 Å². The van der Waals surface area contributed by atoms with Crippen LogP contribution in [-0.2, 0) is 10.0 Å². The molecule has 0 atom stereocenters. The number of nitrogens with zero attached hydrogens (tertiary/aromatic N) is 2. The zero-order chi connectivity index (χ0) is 15.3. The van der Waals surface area contributed by atoms with Crippen molar-refractivity contribution in [1.29, 1.82) is 0 Å². The van der Waals surface area contributed by atoms with Crippen LogP contribution in [0.3, 0.4) is 0 Å². The monoisotopic (exact) mass is 316 g/mol. The number of carbonyl (C=O) groups is 1. The van der Waals surface area contributed by atoms with E-state index < -0.39 is 21.0 Å². The maximum Gasteiger partial charge on any atom is 0.340 e. The second-order valence-electron chi connectivity index (χ2n) is 5.07. The lowest BCUT2D eigenvalue weighted by molar-refractivity contribution is 0.0692. The number of aromatic amines is 1. The molecular formula is C12H20N4O4S. The van der Waals surface area contributed by atoms with Crippen LogP contribution in [0.25, 0.3) is 0 Å². The predicted octanol–water partition coefficient (Wildman–Crippen LogP) is 0.262. The summed E-state index contributed by atoms with van der Waals surface area (Å²) in [4.78, 5) is 13.2. The molecule has 8 nitrogen and oxygen atoms in total. The van der Waals surface area contributed by atoms with Crippen molar-refractivity contribution in [2.45, 2.75) is 30.7 Å². The minimum atomic E-state index is -3.88. The fourth-order valence-electron chi connectivity index (χ4n) is 2.40. The van der Waals surface area contributed by atoms with Crippen LogP contribution in [0.15, 0.2) is 11.2 Å². The number of carboxylic acid groups (broad SMARTS) is 1. The van der Waals surface area contributed by atoms with Gasteiger partial charge in [-0.2, -0.15) is 5.10 Å². The third-order valence-corrected chi connectivity index (χ3v) is 4.96. The summed E-state index contributed by atoms with van der Waals surface area (Å²) in [7, 11) is -3.88. The van der Waals surface area contributed by atoms with Crippen molar-refractivity contribution < 1.29 is 18.3 Å². The molecule has 21 heavy (non-hydrogen) atoms. The summed E-state index contributed by atoms with van der Waals surface area (Å²) in [6.07, 6.45) is 5.70. The number of carboxylic acids is 1. The molecule has 0 amide bonds. The van der Waals surface area contributed by atoms with E-state index in [0.717, 1.165) is 32.1 Å². The largest absolute Gasteiger partial charge is 0.478 e. The predicted molar refractivity (Wildman–Crippen MR) is 75.6 cm³/mol. The van der Waals surface area contributed by atoms with E-state index in [-0.39, 0.29) is 12.1 Å². The number of aromatic nitrogens is 2. The summed E-state index contributed by atoms with van der Waals surface area (Å²) >= 11 is 0. The number of H-pyrrole nitrogens is 1. The SMILES string of the molecule is O=C(O)c1cn[nH]c1S(=O)(=O)NCCN1CCCCCC1. The van der Waals surface area contributed by atoms with Gasteiger partial charge < -0.3 is 10.0 Å². The zero-order valence-electron chi connectivity index (χ0n) is 11.7. The minimum absolute atomic E-state index is 0.250. The highest BCUT2D eigenvalue weighted by Gasteiger charge is 2.24. The Morgan fingerprint density at radius 3 is 2.62 bits per heavy atom. The molecule has 0 unspecified atom stereocenters. The Labute approximate surface area is 123 Å². The van der Waals surface area contributed by atoms with Crippen molar-refractivity contribution in [2.75, 3.05) is 26.2 Å². The van der Waals surface area contributed by atoms with E-state index in [0.29, 0.717) is 6.54 Å². The third kappa shape index (κ3) is 4.26. The number of rotatable bonds is 6. The maximum atomic E-state index is 12.1. The first-order valence-electron chi connectivity index (χ1n) is 6.99. The van der Waals surface area contributed by atoms with Gasteiger partial charge in [-0.15, -0.1) is 0 Å². The second kappa shape index (κ2) is 7.01. The first kappa shape index (κ1) is 15.9. The van der Waals surface area contributed by atoms with E-state index in [1.54, 1.807) is 0 Å². The third-order valence-electron chi connectivity index (χ3n) is 3.52. The fourth-order valence-corrected chi connectivity index (χ4v) is 3.51. The molecule has 0 aromatic carbocycles. The van der Waals surface area contributed by atoms with E-state index in [9.17, 15) is 13.2 Å². The first-order chi connectivity index (χ1) is 10.0. The molecule has 2 rings (SSSR count). The summed E-state index contributed by atoms with van der Waals surface area (Å²) in [6.45, 7) is 2.83. The minimum Gasteiger partial charge on any atom is -0.478 e. The molecule has 118 valence electrons. The quantitative estimate of drug-likeness (QED) is 0.693. The molecule has 0 bridgehead atoms. The van der Waals surface area contributed by atoms with E-state index in [2.05, 4.69) is 19.8 Å². The fraction of sp³-hybridized carbons (Fsp3) is 0.667. The molecule has 0 saturated carbocycles. The summed E-state index contributed by atoms with van der Waals surface area (Å²) < 4.78 is 26.5. The first-order valence-corrected chi connectivity index (χ1v) is 8.48. The van der Waals surface area contributed by atoms with Crippen molar-refractivity contribution in [2.24, 2.45) is 0 Å². The summed E-state index contributed by atoms with van der Waals surface area (Å²) in [5.41, 5.74) is -0.350. The Balaban J connectivity index is 1.92. The van der Waals surface area contributed by atoms with Gasteiger partial charge in [-0.25, -0.2) is 17.9 Å². The lowest BCUT2D eigenvalue weighted by Crippen LogP contribution is -2.36. The van der Waals surface area contributed by atoms with Gasteiger partial charge in [0.1, 0.15) is 5.56 Å². The second-order valence-corrected chi connectivity index (χ2v) is 6.78. The number of aromatic carboxylic acids is 1. The van der Waals surface area contributed by atoms with E-state index in [4.69, 9.17) is 5.11 Å². The molecule has 2 heterocycles. The van der Waals surface area contributed by atoms with Crippen molar-refractivity contribution in [3.8, 4) is 0 Å². The van der Waals surface area contributed by atoms with Crippen LogP contribution < -0.4 is 4.72 Å². The van der Waals surface area contributed by atoms with Crippen LogP contribution in [-0.4, -0.2) is 60.8 Å². The van der Waals surface area contributed by atoms with Crippen LogP contribution in [0.5, 0.6) is 0 Å². The average molecular weight is 316 g/mol. The van der Waals surface area contributed by atoms with Crippen LogP contribution in [0.4, 0.5) is 0 Å². The molecule has 1 aliphatic rings. The molecule has 0 aliphatic carbocycles. The number of hydrogen-bond donors (Lipinski definition) is 3. The lowest BCUT2D eigenvalue weighted by atomic mass is 10.2. The van der Waals surface area contributed by atoms with E-state index in [1.165, 1.54) is 12.8 Å². The average Bonchev–Trinajstić information content (AvgIpc) is 2.79. The molecular weight excluding hydrogens is 296 g/mol. The Morgan fingerprint density at radius 1 is 1.33 bits per heavy atom. The molecule has 1 aliphatic heterocycles. The Morgan fingerprint density at radius 2 is 2.00 bits per heavy atom. The standard InChI is InChI=1S/C12H20N4O4S/c17-12(18)10-9-13-15-11(10)21(19,20)14-5-8-16-6-3-1-2-4-7-16/h9,14H,1-8H2,(H,13,15)(H,17,18). The Bertz CT molecular complexity index is 576. The van der Waals surface area contributed by atoms with E-state index >= 15 is 0 Å². The van der Waals surface area contributed by atoms with Crippen molar-refractivity contribution in [3.05, 3.63) is 11.8 Å². The zero-order valence-corrected chi connectivity index (χ0v) is 12.5. The number of sulfonamides is 1. The number of hydrogen-bond acceptors (Lipinski definition) is 5. The number of nitrogens with one attached hydrogen (secondary N) is 2. The van der Waals surface area contributed by atoms with Crippen molar-refractivity contribution in [3.63, 3.8) is 0 Å². The lowest BCUT2D eigenvalue weighted by Gasteiger charge is -2.19. The molecule has 1 fully saturated rings. The smallest absolute Gasteiger partial charge is 0.340 e. The van der Waals surface area contributed by atoms with Gasteiger partial charge in [-0.3, -0.25) is 5.10 Å². The van der Waals surface area contributed by atoms with Gasteiger partial charge in [0.25, 0.3) is 10.0 Å². The van der Waals surface area contributed by atoms with Gasteiger partial charge >= 0.3 is 5.97 Å². The Kier molecular flexibility index (Phi) is 5.32. The molecule has 3 N–H and O–H groups in total. The summed E-state index contributed by atoms with van der Waals surface area (Å²) in [5.74, 6) is -1.32. The van der Waals surface area contributed by atoms with Crippen molar-refractivity contribution in [1.82, 2.24) is 19.8 Å². The van der Waals surface area contributed by atoms with Crippen LogP contribution in [0, 0.1) is 0 Å². The topological polar surface area (TPSA) is 115 Å². The van der Waals surface area contributed by atoms with Crippen LogP contribution in [0.1, 0.15) is 36.0 Å². The molecule has 1 aromatic rings. The maximum absolute atomic E-state index is 12.1. The molecule has 1 saturated heterocycles. The van der Waals surface area contributed by atoms with Gasteiger partial charge in [-0.05, 0) is 25.9 Å². The van der Waals surface area contributed by atoms with E-state index in [1.807, 2.05) is 0 Å².